The fourth-order valence-corrected chi connectivity index (χ4v) is 3.28. The molecule has 0 aliphatic heterocycles. The third-order valence-electron chi connectivity index (χ3n) is 3.42. The lowest BCUT2D eigenvalue weighted by Crippen LogP contribution is -2.36. The van der Waals surface area contributed by atoms with Gasteiger partial charge in [0.15, 0.2) is 0 Å². The smallest absolute Gasteiger partial charge is 0.242 e. The van der Waals surface area contributed by atoms with Crippen molar-refractivity contribution in [3.05, 3.63) is 34.9 Å². The lowest BCUT2D eigenvalue weighted by atomic mass is 10.0. The summed E-state index contributed by atoms with van der Waals surface area (Å²) in [5.41, 5.74) is -2.96. The highest BCUT2D eigenvalue weighted by molar-refractivity contribution is 7.84. The molecular weight excluding hydrogens is 356 g/mol. The van der Waals surface area contributed by atoms with E-state index >= 15 is 0 Å². The van der Waals surface area contributed by atoms with E-state index in [4.69, 9.17) is 0 Å². The molecule has 0 fully saturated rings. The number of halogens is 6. The average molecular weight is 375 g/mol. The predicted octanol–water partition coefficient (Wildman–Crippen LogP) is 5.18. The molecule has 0 saturated heterocycles. The third kappa shape index (κ3) is 4.95. The topological polar surface area (TPSA) is 20.3 Å². The van der Waals surface area contributed by atoms with Crippen LogP contribution in [0.2, 0.25) is 0 Å². The van der Waals surface area contributed by atoms with E-state index in [1.807, 2.05) is 0 Å². The molecule has 1 aromatic rings. The van der Waals surface area contributed by atoms with Crippen molar-refractivity contribution in [2.75, 3.05) is 7.05 Å². The van der Waals surface area contributed by atoms with Gasteiger partial charge in [-0.1, -0.05) is 0 Å². The van der Waals surface area contributed by atoms with Crippen LogP contribution in [0.4, 0.5) is 26.3 Å². The number of hydrogen-bond donors (Lipinski definition) is 0. The molecule has 0 radical (unpaired) electrons. The normalized spacial score (nSPS) is 16.3. The molecule has 9 heteroatoms. The molecule has 0 unspecified atom stereocenters. The van der Waals surface area contributed by atoms with Crippen molar-refractivity contribution in [3.63, 3.8) is 0 Å². The molecule has 1 aromatic carbocycles. The second-order valence-electron chi connectivity index (χ2n) is 6.42. The van der Waals surface area contributed by atoms with Crippen LogP contribution in [0.25, 0.3) is 0 Å². The van der Waals surface area contributed by atoms with Crippen molar-refractivity contribution in [2.24, 2.45) is 0 Å². The molecule has 0 spiro atoms. The Morgan fingerprint density at radius 1 is 0.917 bits per heavy atom. The van der Waals surface area contributed by atoms with Crippen LogP contribution in [0.15, 0.2) is 18.2 Å². The lowest BCUT2D eigenvalue weighted by Gasteiger charge is -2.31. The van der Waals surface area contributed by atoms with Crippen LogP contribution in [0, 0.1) is 0 Å². The van der Waals surface area contributed by atoms with Crippen LogP contribution in [-0.4, -0.2) is 20.3 Å². The summed E-state index contributed by atoms with van der Waals surface area (Å²) < 4.78 is 90.3. The number of alkyl halides is 6. The summed E-state index contributed by atoms with van der Waals surface area (Å²) in [6.07, 6.45) is -9.81. The SMILES string of the molecule is C[C@@H](c1cc(C(F)(F)F)cc(C(F)(F)F)c1)N(C)[S@](=O)C(C)(C)C. The first-order chi connectivity index (χ1) is 10.5. The minimum atomic E-state index is -4.91. The maximum absolute atomic E-state index is 12.9. The van der Waals surface area contributed by atoms with Gasteiger partial charge in [0.05, 0.1) is 26.9 Å². The van der Waals surface area contributed by atoms with Crippen LogP contribution < -0.4 is 0 Å². The van der Waals surface area contributed by atoms with Crippen molar-refractivity contribution in [1.29, 1.82) is 0 Å². The van der Waals surface area contributed by atoms with E-state index in [0.29, 0.717) is 12.1 Å². The highest BCUT2D eigenvalue weighted by Gasteiger charge is 2.38. The first-order valence-electron chi connectivity index (χ1n) is 6.99. The van der Waals surface area contributed by atoms with E-state index in [0.717, 1.165) is 0 Å². The van der Waals surface area contributed by atoms with Crippen molar-refractivity contribution in [1.82, 2.24) is 4.31 Å². The summed E-state index contributed by atoms with van der Waals surface area (Å²) in [7, 11) is -0.195. The van der Waals surface area contributed by atoms with Crippen LogP contribution in [0.1, 0.15) is 50.4 Å². The molecule has 138 valence electrons. The monoisotopic (exact) mass is 375 g/mol. The van der Waals surface area contributed by atoms with Gasteiger partial charge < -0.3 is 0 Å². The number of benzene rings is 1. The van der Waals surface area contributed by atoms with Crippen LogP contribution in [0.5, 0.6) is 0 Å². The summed E-state index contributed by atoms with van der Waals surface area (Å²) >= 11 is 0. The van der Waals surface area contributed by atoms with Crippen LogP contribution in [-0.2, 0) is 23.3 Å². The number of nitrogens with zero attached hydrogens (tertiary/aromatic N) is 1. The van der Waals surface area contributed by atoms with Gasteiger partial charge in [0.25, 0.3) is 0 Å². The average Bonchev–Trinajstić information content (AvgIpc) is 2.41. The summed E-state index contributed by atoms with van der Waals surface area (Å²) in [6, 6.07) is 0.511. The van der Waals surface area contributed by atoms with E-state index in [9.17, 15) is 30.6 Å². The standard InChI is InChI=1S/C15H19F6NOS/c1-9(22(5)24(23)13(2,3)4)10-6-11(14(16,17)18)8-12(7-10)15(19,20)21/h6-9H,1-5H3/t9-,24+/m0/s1. The maximum atomic E-state index is 12.9. The molecule has 2 nitrogen and oxygen atoms in total. The number of rotatable bonds is 3. The molecule has 24 heavy (non-hydrogen) atoms. The van der Waals surface area contributed by atoms with Gasteiger partial charge in [-0.2, -0.15) is 26.3 Å². The zero-order valence-electron chi connectivity index (χ0n) is 13.8. The van der Waals surface area contributed by atoms with Gasteiger partial charge in [-0.25, -0.2) is 8.51 Å². The van der Waals surface area contributed by atoms with E-state index in [-0.39, 0.29) is 11.6 Å². The van der Waals surface area contributed by atoms with Crippen molar-refractivity contribution in [2.45, 2.75) is 50.8 Å². The van der Waals surface area contributed by atoms with Crippen molar-refractivity contribution in [3.8, 4) is 0 Å². The fraction of sp³-hybridized carbons (Fsp3) is 0.600. The predicted molar refractivity (Wildman–Crippen MR) is 80.5 cm³/mol. The molecule has 1 rings (SSSR count). The third-order valence-corrected chi connectivity index (χ3v) is 5.31. The van der Waals surface area contributed by atoms with E-state index in [2.05, 4.69) is 0 Å². The van der Waals surface area contributed by atoms with E-state index in [1.54, 1.807) is 20.8 Å². The summed E-state index contributed by atoms with van der Waals surface area (Å²) in [4.78, 5) is 0. The van der Waals surface area contributed by atoms with Crippen molar-refractivity contribution < 1.29 is 30.6 Å². The van der Waals surface area contributed by atoms with Gasteiger partial charge in [-0.15, -0.1) is 0 Å². The minimum Gasteiger partial charge on any atom is -0.242 e. The Labute approximate surface area is 139 Å². The molecule has 0 heterocycles. The first-order valence-corrected chi connectivity index (χ1v) is 8.10. The van der Waals surface area contributed by atoms with Gasteiger partial charge in [-0.05, 0) is 51.5 Å². The molecule has 0 saturated carbocycles. The molecule has 0 aliphatic rings. The second-order valence-corrected chi connectivity index (χ2v) is 8.72. The van der Waals surface area contributed by atoms with Crippen LogP contribution in [0.3, 0.4) is 0 Å². The maximum Gasteiger partial charge on any atom is 0.416 e. The first kappa shape index (κ1) is 21.0. The minimum absolute atomic E-state index is 0.0803. The zero-order valence-corrected chi connectivity index (χ0v) is 14.7. The van der Waals surface area contributed by atoms with Gasteiger partial charge >= 0.3 is 12.4 Å². The Balaban J connectivity index is 3.40. The lowest BCUT2D eigenvalue weighted by molar-refractivity contribution is -0.143. The molecular formula is C15H19F6NOS. The Kier molecular flexibility index (Phi) is 5.82. The highest BCUT2D eigenvalue weighted by atomic mass is 32.2. The summed E-state index contributed by atoms with van der Waals surface area (Å²) in [5, 5.41) is 0. The molecule has 0 aliphatic carbocycles. The fourth-order valence-electron chi connectivity index (χ4n) is 2.01. The number of hydrogen-bond acceptors (Lipinski definition) is 1. The molecule has 0 N–H and O–H groups in total. The van der Waals surface area contributed by atoms with E-state index in [1.165, 1.54) is 18.3 Å². The Morgan fingerprint density at radius 3 is 1.58 bits per heavy atom. The Hall–Kier alpha value is -1.09. The zero-order chi connectivity index (χ0) is 19.1. The summed E-state index contributed by atoms with van der Waals surface area (Å²) in [5.74, 6) is 0. The largest absolute Gasteiger partial charge is 0.416 e. The molecule has 0 aromatic heterocycles. The highest BCUT2D eigenvalue weighted by Crippen LogP contribution is 2.38. The van der Waals surface area contributed by atoms with Gasteiger partial charge in [0.2, 0.25) is 0 Å². The molecule has 0 amide bonds. The van der Waals surface area contributed by atoms with Gasteiger partial charge in [0, 0.05) is 13.1 Å². The van der Waals surface area contributed by atoms with Crippen LogP contribution >= 0.6 is 0 Å². The quantitative estimate of drug-likeness (QED) is 0.667. The van der Waals surface area contributed by atoms with Crippen molar-refractivity contribution >= 4 is 11.0 Å². The van der Waals surface area contributed by atoms with Gasteiger partial charge in [0.1, 0.15) is 0 Å². The second kappa shape index (κ2) is 6.67. The van der Waals surface area contributed by atoms with Gasteiger partial charge in [-0.3, -0.25) is 0 Å². The van der Waals surface area contributed by atoms with E-state index < -0.39 is 45.3 Å². The Morgan fingerprint density at radius 2 is 1.29 bits per heavy atom. The molecule has 2 atom stereocenters. The summed E-state index contributed by atoms with van der Waals surface area (Å²) in [6.45, 7) is 6.41. The molecule has 0 bridgehead atoms. The Bertz CT molecular complexity index is 586.